The molecule has 1 saturated carbocycles. The smallest absolute Gasteiger partial charge is 0.222 e. The maximum absolute atomic E-state index is 11.4. The number of aliphatic hydroxyl groups excluding tert-OH is 4. The van der Waals surface area contributed by atoms with Crippen molar-refractivity contribution in [2.75, 3.05) is 6.61 Å². The molecule has 0 aromatic heterocycles. The molecule has 1 aliphatic carbocycles. The SMILES string of the molecule is CCc1ccc(Cc2cc([C@]3(O)O[C@H](CO)[C@@H](O)[C@H](O)[C@H]3O)cc(OC3CCC3)c2C#N)cc1. The van der Waals surface area contributed by atoms with Gasteiger partial charge in [-0.3, -0.25) is 0 Å². The number of nitriles is 1. The van der Waals surface area contributed by atoms with Gasteiger partial charge in [0, 0.05) is 5.56 Å². The third-order valence-electron chi connectivity index (χ3n) is 6.85. The molecule has 2 aliphatic rings. The van der Waals surface area contributed by atoms with Crippen molar-refractivity contribution < 1.29 is 35.0 Å². The van der Waals surface area contributed by atoms with E-state index in [1.165, 1.54) is 11.6 Å². The summed E-state index contributed by atoms with van der Waals surface area (Å²) in [6, 6.07) is 13.2. The minimum absolute atomic E-state index is 0.0523. The maximum Gasteiger partial charge on any atom is 0.222 e. The topological polar surface area (TPSA) is 143 Å². The summed E-state index contributed by atoms with van der Waals surface area (Å²) in [5.41, 5.74) is 3.08. The second-order valence-corrected chi connectivity index (χ2v) is 9.10. The Labute approximate surface area is 198 Å². The summed E-state index contributed by atoms with van der Waals surface area (Å²) in [6.07, 6.45) is -2.61. The Morgan fingerprint density at radius 3 is 2.32 bits per heavy atom. The lowest BCUT2D eigenvalue weighted by atomic mass is 9.86. The van der Waals surface area contributed by atoms with Gasteiger partial charge in [-0.15, -0.1) is 0 Å². The lowest BCUT2D eigenvalue weighted by Gasteiger charge is -2.45. The summed E-state index contributed by atoms with van der Waals surface area (Å²) in [4.78, 5) is 0. The van der Waals surface area contributed by atoms with E-state index in [4.69, 9.17) is 9.47 Å². The van der Waals surface area contributed by atoms with Gasteiger partial charge in [-0.05, 0) is 60.9 Å². The third kappa shape index (κ3) is 4.56. The largest absolute Gasteiger partial charge is 0.489 e. The number of rotatable bonds is 7. The highest BCUT2D eigenvalue weighted by atomic mass is 16.7. The number of aryl methyl sites for hydroxylation is 1. The van der Waals surface area contributed by atoms with Gasteiger partial charge in [-0.2, -0.15) is 5.26 Å². The van der Waals surface area contributed by atoms with Crippen molar-refractivity contribution in [1.82, 2.24) is 0 Å². The normalized spacial score (nSPS) is 29.3. The van der Waals surface area contributed by atoms with Crippen molar-refractivity contribution in [1.29, 1.82) is 5.26 Å². The zero-order valence-corrected chi connectivity index (χ0v) is 19.1. The summed E-state index contributed by atoms with van der Waals surface area (Å²) >= 11 is 0. The van der Waals surface area contributed by atoms with Crippen LogP contribution < -0.4 is 4.74 Å². The van der Waals surface area contributed by atoms with Crippen LogP contribution in [0.4, 0.5) is 0 Å². The molecule has 5 N–H and O–H groups in total. The van der Waals surface area contributed by atoms with Gasteiger partial charge in [0.25, 0.3) is 0 Å². The lowest BCUT2D eigenvalue weighted by molar-refractivity contribution is -0.357. The predicted molar refractivity (Wildman–Crippen MR) is 122 cm³/mol. The van der Waals surface area contributed by atoms with Gasteiger partial charge < -0.3 is 35.0 Å². The van der Waals surface area contributed by atoms with Gasteiger partial charge in [0.1, 0.15) is 36.2 Å². The molecule has 0 radical (unpaired) electrons. The van der Waals surface area contributed by atoms with Crippen LogP contribution >= 0.6 is 0 Å². The molecule has 8 heteroatoms. The number of nitrogens with zero attached hydrogens (tertiary/aromatic N) is 1. The van der Waals surface area contributed by atoms with E-state index in [0.29, 0.717) is 17.5 Å². The molecule has 2 aromatic rings. The second kappa shape index (κ2) is 10.0. The highest BCUT2D eigenvalue weighted by Gasteiger charge is 2.54. The van der Waals surface area contributed by atoms with Crippen LogP contribution in [0.2, 0.25) is 0 Å². The molecule has 2 fully saturated rings. The van der Waals surface area contributed by atoms with Crippen LogP contribution in [0.15, 0.2) is 36.4 Å². The van der Waals surface area contributed by atoms with Crippen LogP contribution in [0, 0.1) is 11.3 Å². The molecule has 34 heavy (non-hydrogen) atoms. The highest BCUT2D eigenvalue weighted by molar-refractivity contribution is 5.54. The van der Waals surface area contributed by atoms with Crippen molar-refractivity contribution in [3.63, 3.8) is 0 Å². The summed E-state index contributed by atoms with van der Waals surface area (Å²) in [7, 11) is 0. The molecule has 0 spiro atoms. The molecule has 182 valence electrons. The van der Waals surface area contributed by atoms with E-state index in [1.54, 1.807) is 6.07 Å². The Morgan fingerprint density at radius 1 is 1.09 bits per heavy atom. The molecule has 0 unspecified atom stereocenters. The van der Waals surface area contributed by atoms with E-state index in [1.807, 2.05) is 24.3 Å². The molecular formula is C26H31NO7. The van der Waals surface area contributed by atoms with E-state index in [0.717, 1.165) is 31.2 Å². The van der Waals surface area contributed by atoms with Gasteiger partial charge in [0.15, 0.2) is 0 Å². The quantitative estimate of drug-likeness (QED) is 0.408. The Bertz CT molecular complexity index is 1040. The van der Waals surface area contributed by atoms with Crippen molar-refractivity contribution in [3.8, 4) is 11.8 Å². The van der Waals surface area contributed by atoms with Crippen LogP contribution in [0.1, 0.15) is 54.0 Å². The van der Waals surface area contributed by atoms with Crippen LogP contribution in [0.25, 0.3) is 0 Å². The Hall–Kier alpha value is -2.51. The van der Waals surface area contributed by atoms with Crippen LogP contribution in [0.5, 0.6) is 5.75 Å². The van der Waals surface area contributed by atoms with Gasteiger partial charge in [-0.1, -0.05) is 31.2 Å². The molecule has 1 aliphatic heterocycles. The average Bonchev–Trinajstić information content (AvgIpc) is 2.82. The van der Waals surface area contributed by atoms with Crippen LogP contribution in [-0.4, -0.2) is 62.7 Å². The summed E-state index contributed by atoms with van der Waals surface area (Å²) < 4.78 is 11.6. The molecular weight excluding hydrogens is 438 g/mol. The Kier molecular flexibility index (Phi) is 7.24. The van der Waals surface area contributed by atoms with E-state index < -0.39 is 36.8 Å². The van der Waals surface area contributed by atoms with Crippen LogP contribution in [0.3, 0.4) is 0 Å². The zero-order valence-electron chi connectivity index (χ0n) is 19.1. The fraction of sp³-hybridized carbons (Fsp3) is 0.500. The van der Waals surface area contributed by atoms with Gasteiger partial charge >= 0.3 is 0 Å². The summed E-state index contributed by atoms with van der Waals surface area (Å²) in [5, 5.41) is 62.0. The summed E-state index contributed by atoms with van der Waals surface area (Å²) in [6.45, 7) is 1.39. The lowest BCUT2D eigenvalue weighted by Crippen LogP contribution is -2.63. The average molecular weight is 470 g/mol. The van der Waals surface area contributed by atoms with E-state index in [-0.39, 0.29) is 17.4 Å². The van der Waals surface area contributed by atoms with E-state index >= 15 is 0 Å². The number of aliphatic hydroxyl groups is 5. The minimum atomic E-state index is -2.43. The first-order valence-electron chi connectivity index (χ1n) is 11.7. The van der Waals surface area contributed by atoms with Gasteiger partial charge in [-0.25, -0.2) is 0 Å². The van der Waals surface area contributed by atoms with Crippen molar-refractivity contribution in [2.45, 2.75) is 75.3 Å². The monoisotopic (exact) mass is 469 g/mol. The molecule has 1 heterocycles. The first-order chi connectivity index (χ1) is 16.3. The Morgan fingerprint density at radius 2 is 1.76 bits per heavy atom. The minimum Gasteiger partial charge on any atom is -0.489 e. The predicted octanol–water partition coefficient (Wildman–Crippen LogP) is 1.26. The third-order valence-corrected chi connectivity index (χ3v) is 6.85. The molecule has 1 saturated heterocycles. The molecule has 8 nitrogen and oxygen atoms in total. The first kappa shape index (κ1) is 24.6. The molecule has 0 bridgehead atoms. The van der Waals surface area contributed by atoms with E-state index in [2.05, 4.69) is 13.0 Å². The fourth-order valence-corrected chi connectivity index (χ4v) is 4.41. The number of benzene rings is 2. The van der Waals surface area contributed by atoms with Crippen molar-refractivity contribution >= 4 is 0 Å². The zero-order chi connectivity index (χ0) is 24.5. The van der Waals surface area contributed by atoms with Crippen molar-refractivity contribution in [2.24, 2.45) is 0 Å². The maximum atomic E-state index is 11.4. The van der Waals surface area contributed by atoms with Gasteiger partial charge in [0.2, 0.25) is 5.79 Å². The number of hydrogen-bond donors (Lipinski definition) is 5. The number of ether oxygens (including phenoxy) is 2. The molecule has 5 atom stereocenters. The fourth-order valence-electron chi connectivity index (χ4n) is 4.41. The molecule has 0 amide bonds. The van der Waals surface area contributed by atoms with Crippen molar-refractivity contribution in [3.05, 3.63) is 64.2 Å². The van der Waals surface area contributed by atoms with Crippen LogP contribution in [-0.2, 0) is 23.4 Å². The second-order valence-electron chi connectivity index (χ2n) is 9.10. The first-order valence-corrected chi connectivity index (χ1v) is 11.7. The standard InChI is InChI=1S/C26H31NO7/c1-2-15-6-8-16(9-7-15)10-17-11-18(12-21(20(17)13-27)33-19-4-3-5-19)26(32)25(31)24(30)23(29)22(14-28)34-26/h6-9,11-12,19,22-25,28-32H,2-5,10,14H2,1H3/t22-,23-,24+,25-,26+/m1/s1. The molecule has 2 aromatic carbocycles. The summed E-state index contributed by atoms with van der Waals surface area (Å²) in [5.74, 6) is -2.17. The highest BCUT2D eigenvalue weighted by Crippen LogP contribution is 2.40. The Balaban J connectivity index is 1.79. The molecule has 4 rings (SSSR count). The number of hydrogen-bond acceptors (Lipinski definition) is 8. The van der Waals surface area contributed by atoms with E-state index in [9.17, 15) is 30.8 Å². The van der Waals surface area contributed by atoms with Gasteiger partial charge in [0.05, 0.1) is 18.3 Å².